The Morgan fingerprint density at radius 2 is 2.07 bits per heavy atom. The van der Waals surface area contributed by atoms with Gasteiger partial charge in [-0.2, -0.15) is 0 Å². The molecule has 0 spiro atoms. The molecule has 2 heterocycles. The number of halogens is 1. The van der Waals surface area contributed by atoms with Gasteiger partial charge >= 0.3 is 0 Å². The van der Waals surface area contributed by atoms with Gasteiger partial charge in [-0.05, 0) is 36.4 Å². The normalized spacial score (nSPS) is 10.7. The van der Waals surface area contributed by atoms with Gasteiger partial charge in [0.15, 0.2) is 11.6 Å². The van der Waals surface area contributed by atoms with Crippen molar-refractivity contribution in [1.29, 1.82) is 0 Å². The molecule has 0 fully saturated rings. The average Bonchev–Trinajstić information content (AvgIpc) is 3.12. The lowest BCUT2D eigenvalue weighted by Gasteiger charge is -2.08. The maximum Gasteiger partial charge on any atom is 0.255 e. The van der Waals surface area contributed by atoms with Crippen LogP contribution in [0.5, 0.6) is 5.75 Å². The Morgan fingerprint density at radius 1 is 1.19 bits per heavy atom. The molecule has 2 aromatic heterocycles. The summed E-state index contributed by atoms with van der Waals surface area (Å²) >= 11 is 0. The first kappa shape index (κ1) is 16.7. The van der Waals surface area contributed by atoms with Crippen LogP contribution in [0, 0.1) is 5.82 Å². The molecule has 4 rings (SSSR count). The third kappa shape index (κ3) is 3.35. The number of fused-ring (bicyclic) bond motifs is 1. The van der Waals surface area contributed by atoms with E-state index in [0.29, 0.717) is 11.5 Å². The predicted molar refractivity (Wildman–Crippen MR) is 99.3 cm³/mol. The van der Waals surface area contributed by atoms with E-state index >= 15 is 0 Å². The zero-order valence-electron chi connectivity index (χ0n) is 14.4. The van der Waals surface area contributed by atoms with Crippen LogP contribution >= 0.6 is 0 Å². The van der Waals surface area contributed by atoms with E-state index in [9.17, 15) is 9.18 Å². The van der Waals surface area contributed by atoms with E-state index < -0.39 is 11.7 Å². The summed E-state index contributed by atoms with van der Waals surface area (Å²) in [6, 6.07) is 13.2. The number of benzene rings is 2. The van der Waals surface area contributed by atoms with Crippen molar-refractivity contribution in [2.24, 2.45) is 0 Å². The minimum absolute atomic E-state index is 0.0917. The van der Waals surface area contributed by atoms with E-state index in [1.165, 1.54) is 19.2 Å². The number of anilines is 1. The Bertz CT molecular complexity index is 1110. The molecule has 4 aromatic rings. The largest absolute Gasteiger partial charge is 0.494 e. The molecule has 0 atom stereocenters. The number of imidazole rings is 1. The standard InChI is InChI=1S/C20H15FN4O2/c1-27-18-7-6-14(11-16(18)21)19(26)23-15-5-2-4-13(10-15)17-12-25-9-3-8-22-20(25)24-17/h2-12H,1H3,(H,23,26). The van der Waals surface area contributed by atoms with Gasteiger partial charge in [0.1, 0.15) is 0 Å². The van der Waals surface area contributed by atoms with Crippen molar-refractivity contribution < 1.29 is 13.9 Å². The van der Waals surface area contributed by atoms with Gasteiger partial charge in [-0.1, -0.05) is 12.1 Å². The minimum Gasteiger partial charge on any atom is -0.494 e. The predicted octanol–water partition coefficient (Wildman–Crippen LogP) is 3.80. The average molecular weight is 362 g/mol. The summed E-state index contributed by atoms with van der Waals surface area (Å²) in [6.45, 7) is 0. The highest BCUT2D eigenvalue weighted by Crippen LogP contribution is 2.23. The molecular formula is C20H15FN4O2. The van der Waals surface area contributed by atoms with Gasteiger partial charge in [0.25, 0.3) is 5.91 Å². The van der Waals surface area contributed by atoms with E-state index in [2.05, 4.69) is 15.3 Å². The van der Waals surface area contributed by atoms with Crippen LogP contribution in [0.4, 0.5) is 10.1 Å². The Kier molecular flexibility index (Phi) is 4.25. The number of amides is 1. The molecule has 0 unspecified atom stereocenters. The van der Waals surface area contributed by atoms with Crippen molar-refractivity contribution in [1.82, 2.24) is 14.4 Å². The van der Waals surface area contributed by atoms with Crippen LogP contribution in [0.1, 0.15) is 10.4 Å². The number of methoxy groups -OCH3 is 1. The molecule has 0 radical (unpaired) electrons. The molecule has 0 saturated carbocycles. The molecular weight excluding hydrogens is 347 g/mol. The maximum atomic E-state index is 13.8. The fourth-order valence-electron chi connectivity index (χ4n) is 2.74. The van der Waals surface area contributed by atoms with E-state index in [1.807, 2.05) is 35.0 Å². The summed E-state index contributed by atoms with van der Waals surface area (Å²) < 4.78 is 20.5. The summed E-state index contributed by atoms with van der Waals surface area (Å²) in [5, 5.41) is 2.77. The molecule has 134 valence electrons. The molecule has 7 heteroatoms. The van der Waals surface area contributed by atoms with Gasteiger partial charge < -0.3 is 10.1 Å². The van der Waals surface area contributed by atoms with Crippen molar-refractivity contribution in [2.75, 3.05) is 12.4 Å². The van der Waals surface area contributed by atoms with E-state index in [4.69, 9.17) is 4.74 Å². The Labute approximate surface area is 154 Å². The highest BCUT2D eigenvalue weighted by atomic mass is 19.1. The van der Waals surface area contributed by atoms with E-state index in [-0.39, 0.29) is 11.3 Å². The number of carbonyl (C=O) groups is 1. The molecule has 0 saturated heterocycles. The number of hydrogen-bond donors (Lipinski definition) is 1. The lowest BCUT2D eigenvalue weighted by molar-refractivity contribution is 0.102. The third-order valence-corrected chi connectivity index (χ3v) is 4.07. The summed E-state index contributed by atoms with van der Waals surface area (Å²) in [5.41, 5.74) is 2.36. The van der Waals surface area contributed by atoms with Crippen LogP contribution in [0.3, 0.4) is 0 Å². The van der Waals surface area contributed by atoms with Gasteiger partial charge in [-0.15, -0.1) is 0 Å². The number of hydrogen-bond acceptors (Lipinski definition) is 4. The quantitative estimate of drug-likeness (QED) is 0.600. The fourth-order valence-corrected chi connectivity index (χ4v) is 2.74. The van der Waals surface area contributed by atoms with Crippen LogP contribution < -0.4 is 10.1 Å². The first-order valence-corrected chi connectivity index (χ1v) is 8.19. The van der Waals surface area contributed by atoms with Crippen LogP contribution in [-0.4, -0.2) is 27.4 Å². The Balaban J connectivity index is 1.59. The lowest BCUT2D eigenvalue weighted by atomic mass is 10.1. The van der Waals surface area contributed by atoms with Crippen molar-refractivity contribution in [3.05, 3.63) is 78.5 Å². The molecule has 0 bridgehead atoms. The maximum absolute atomic E-state index is 13.8. The van der Waals surface area contributed by atoms with Crippen LogP contribution in [0.2, 0.25) is 0 Å². The highest BCUT2D eigenvalue weighted by Gasteiger charge is 2.11. The lowest BCUT2D eigenvalue weighted by Crippen LogP contribution is -2.12. The fraction of sp³-hybridized carbons (Fsp3) is 0.0500. The molecule has 1 N–H and O–H groups in total. The van der Waals surface area contributed by atoms with Gasteiger partial charge in [0.05, 0.1) is 12.8 Å². The molecule has 6 nitrogen and oxygen atoms in total. The van der Waals surface area contributed by atoms with Gasteiger partial charge in [-0.25, -0.2) is 14.4 Å². The zero-order valence-corrected chi connectivity index (χ0v) is 14.4. The number of rotatable bonds is 4. The zero-order chi connectivity index (χ0) is 18.8. The molecule has 0 aliphatic carbocycles. The number of nitrogens with zero attached hydrogens (tertiary/aromatic N) is 3. The highest BCUT2D eigenvalue weighted by molar-refractivity contribution is 6.04. The first-order valence-electron chi connectivity index (χ1n) is 8.19. The molecule has 0 aliphatic rings. The molecule has 27 heavy (non-hydrogen) atoms. The van der Waals surface area contributed by atoms with E-state index in [1.54, 1.807) is 18.3 Å². The Morgan fingerprint density at radius 3 is 2.85 bits per heavy atom. The molecule has 1 amide bonds. The Hall–Kier alpha value is -3.74. The monoisotopic (exact) mass is 362 g/mol. The third-order valence-electron chi connectivity index (χ3n) is 4.07. The van der Waals surface area contributed by atoms with E-state index in [0.717, 1.165) is 17.3 Å². The molecule has 2 aromatic carbocycles. The molecule has 0 aliphatic heterocycles. The van der Waals surface area contributed by atoms with Crippen molar-refractivity contribution in [3.63, 3.8) is 0 Å². The smallest absolute Gasteiger partial charge is 0.255 e. The topological polar surface area (TPSA) is 68.5 Å². The number of ether oxygens (including phenoxy) is 1. The van der Waals surface area contributed by atoms with Gasteiger partial charge in [-0.3, -0.25) is 9.20 Å². The number of carbonyl (C=O) groups excluding carboxylic acids is 1. The SMILES string of the molecule is COc1ccc(C(=O)Nc2cccc(-c3cn4cccnc4n3)c2)cc1F. The first-order chi connectivity index (χ1) is 13.1. The van der Waals surface area contributed by atoms with Crippen LogP contribution in [-0.2, 0) is 0 Å². The van der Waals surface area contributed by atoms with Crippen molar-refractivity contribution >= 4 is 17.4 Å². The number of nitrogens with one attached hydrogen (secondary N) is 1. The van der Waals surface area contributed by atoms with Crippen molar-refractivity contribution in [3.8, 4) is 17.0 Å². The van der Waals surface area contributed by atoms with Crippen molar-refractivity contribution in [2.45, 2.75) is 0 Å². The summed E-state index contributed by atoms with van der Waals surface area (Å²) in [4.78, 5) is 21.1. The minimum atomic E-state index is -0.587. The second kappa shape index (κ2) is 6.87. The van der Waals surface area contributed by atoms with Gasteiger partial charge in [0, 0.05) is 35.4 Å². The summed E-state index contributed by atoms with van der Waals surface area (Å²) in [7, 11) is 1.37. The summed E-state index contributed by atoms with van der Waals surface area (Å²) in [5.74, 6) is -0.314. The second-order valence-electron chi connectivity index (χ2n) is 5.84. The second-order valence-corrected chi connectivity index (χ2v) is 5.84. The van der Waals surface area contributed by atoms with Gasteiger partial charge in [0.2, 0.25) is 5.78 Å². The van der Waals surface area contributed by atoms with Crippen LogP contribution in [0.25, 0.3) is 17.0 Å². The van der Waals surface area contributed by atoms with Crippen LogP contribution in [0.15, 0.2) is 67.1 Å². The number of aromatic nitrogens is 3. The summed E-state index contributed by atoms with van der Waals surface area (Å²) in [6.07, 6.45) is 5.40.